The number of methoxy groups -OCH3 is 1. The molecule has 1 saturated heterocycles. The van der Waals surface area contributed by atoms with Gasteiger partial charge in [-0.2, -0.15) is 8.42 Å². The lowest BCUT2D eigenvalue weighted by Gasteiger charge is -2.35. The van der Waals surface area contributed by atoms with Crippen molar-refractivity contribution in [3.05, 3.63) is 28.7 Å². The van der Waals surface area contributed by atoms with Crippen molar-refractivity contribution in [1.82, 2.24) is 15.5 Å². The number of fused-ring (bicyclic) bond motifs is 1. The fraction of sp³-hybridized carbons (Fsp3) is 0.677. The maximum atomic E-state index is 14.2. The minimum absolute atomic E-state index is 0.0774. The monoisotopic (exact) mass is 711 g/mol. The number of hydrogen-bond donors (Lipinski definition) is 2. The smallest absolute Gasteiger partial charge is 0.408 e. The predicted molar refractivity (Wildman–Crippen MR) is 165 cm³/mol. The van der Waals surface area contributed by atoms with E-state index in [0.29, 0.717) is 29.2 Å². The molecule has 8 atom stereocenters. The van der Waals surface area contributed by atoms with E-state index >= 15 is 0 Å². The van der Waals surface area contributed by atoms with Crippen LogP contribution in [-0.2, 0) is 38.2 Å². The van der Waals surface area contributed by atoms with E-state index in [0.717, 1.165) is 12.8 Å². The maximum Gasteiger partial charge on any atom is 0.408 e. The number of esters is 1. The Morgan fingerprint density at radius 3 is 2.24 bits per heavy atom. The Bertz CT molecular complexity index is 1440. The van der Waals surface area contributed by atoms with Crippen molar-refractivity contribution in [2.75, 3.05) is 13.7 Å². The highest BCUT2D eigenvalue weighted by molar-refractivity contribution is 9.10. The minimum Gasteiger partial charge on any atom is -0.467 e. The number of benzene rings is 1. The van der Waals surface area contributed by atoms with Crippen LogP contribution in [0.3, 0.4) is 0 Å². The molecule has 3 saturated carbocycles. The molecule has 45 heavy (non-hydrogen) atoms. The van der Waals surface area contributed by atoms with Crippen molar-refractivity contribution in [3.63, 3.8) is 0 Å². The van der Waals surface area contributed by atoms with Gasteiger partial charge in [-0.25, -0.2) is 9.59 Å². The SMILES string of the molecule is CC[C@@H]1C[C@]1(NC(=O)[C@@H]1C[C@H](OS(=O)(=O)c2ccc(Br)cc2)CN1C(=O)[C@@H](NC(=O)O[C@H]1C[C@@H]2C[C@@H]2C1)C(C)(C)C)C(=O)OC. The van der Waals surface area contributed by atoms with Gasteiger partial charge in [0.05, 0.1) is 18.1 Å². The first kappa shape index (κ1) is 33.6. The summed E-state index contributed by atoms with van der Waals surface area (Å²) in [6, 6.07) is 3.63. The lowest BCUT2D eigenvalue weighted by Crippen LogP contribution is -2.59. The number of nitrogens with one attached hydrogen (secondary N) is 2. The number of rotatable bonds is 10. The fourth-order valence-electron chi connectivity index (χ4n) is 6.83. The summed E-state index contributed by atoms with van der Waals surface area (Å²) in [7, 11) is -3.00. The predicted octanol–water partition coefficient (Wildman–Crippen LogP) is 3.52. The van der Waals surface area contributed by atoms with E-state index in [1.807, 2.05) is 6.92 Å². The molecule has 4 aliphatic rings. The Morgan fingerprint density at radius 1 is 1.04 bits per heavy atom. The molecule has 3 amide bonds. The quantitative estimate of drug-likeness (QED) is 0.274. The van der Waals surface area contributed by atoms with Gasteiger partial charge in [0, 0.05) is 17.4 Å². The van der Waals surface area contributed by atoms with Crippen LogP contribution in [0.5, 0.6) is 0 Å². The summed E-state index contributed by atoms with van der Waals surface area (Å²) in [5.41, 5.74) is -2.01. The van der Waals surface area contributed by atoms with E-state index in [9.17, 15) is 27.6 Å². The normalized spacial score (nSPS) is 31.0. The lowest BCUT2D eigenvalue weighted by atomic mass is 9.85. The minimum atomic E-state index is -4.25. The number of halogens is 1. The number of hydrogen-bond acceptors (Lipinski definition) is 9. The molecule has 0 radical (unpaired) electrons. The number of nitrogens with zero attached hydrogens (tertiary/aromatic N) is 1. The van der Waals surface area contributed by atoms with Crippen LogP contribution in [0.4, 0.5) is 4.79 Å². The van der Waals surface area contributed by atoms with E-state index in [1.54, 1.807) is 32.9 Å². The Kier molecular flexibility index (Phi) is 9.33. The van der Waals surface area contributed by atoms with E-state index in [1.165, 1.54) is 30.6 Å². The number of ether oxygens (including phenoxy) is 2. The van der Waals surface area contributed by atoms with Gasteiger partial charge in [-0.3, -0.25) is 13.8 Å². The molecule has 12 nitrogen and oxygen atoms in total. The van der Waals surface area contributed by atoms with E-state index in [-0.39, 0.29) is 29.9 Å². The van der Waals surface area contributed by atoms with Crippen LogP contribution in [0, 0.1) is 23.2 Å². The Balaban J connectivity index is 1.37. The second-order valence-corrected chi connectivity index (χ2v) is 16.3. The molecule has 1 heterocycles. The Hall–Kier alpha value is -2.71. The Morgan fingerprint density at radius 2 is 1.69 bits per heavy atom. The second kappa shape index (κ2) is 12.5. The van der Waals surface area contributed by atoms with Gasteiger partial charge in [0.2, 0.25) is 11.8 Å². The van der Waals surface area contributed by atoms with E-state index in [2.05, 4.69) is 26.6 Å². The summed E-state index contributed by atoms with van der Waals surface area (Å²) < 4.78 is 43.2. The largest absolute Gasteiger partial charge is 0.467 e. The third-order valence-corrected chi connectivity index (χ3v) is 11.5. The molecule has 5 rings (SSSR count). The van der Waals surface area contributed by atoms with Crippen molar-refractivity contribution >= 4 is 49.9 Å². The van der Waals surface area contributed by atoms with E-state index < -0.39 is 63.1 Å². The number of alkyl carbamates (subject to hydrolysis) is 1. The zero-order chi connectivity index (χ0) is 32.9. The summed E-state index contributed by atoms with van der Waals surface area (Å²) in [5, 5.41) is 5.54. The van der Waals surface area contributed by atoms with Crippen molar-refractivity contribution in [3.8, 4) is 0 Å². The van der Waals surface area contributed by atoms with Crippen molar-refractivity contribution in [2.24, 2.45) is 23.2 Å². The molecular weight excluding hydrogens is 670 g/mol. The number of carbonyl (C=O) groups is 4. The topological polar surface area (TPSA) is 157 Å². The summed E-state index contributed by atoms with van der Waals surface area (Å²) >= 11 is 3.28. The van der Waals surface area contributed by atoms with E-state index in [4.69, 9.17) is 13.7 Å². The molecule has 2 N–H and O–H groups in total. The van der Waals surface area contributed by atoms with Gasteiger partial charge in [-0.1, -0.05) is 50.0 Å². The molecule has 4 fully saturated rings. The first-order chi connectivity index (χ1) is 21.1. The van der Waals surface area contributed by atoms with Crippen LogP contribution in [0.2, 0.25) is 0 Å². The van der Waals surface area contributed by atoms with Gasteiger partial charge in [0.1, 0.15) is 23.7 Å². The average Bonchev–Trinajstić information content (AvgIpc) is 3.78. The zero-order valence-electron chi connectivity index (χ0n) is 26.2. The van der Waals surface area contributed by atoms with Crippen LogP contribution in [0.1, 0.15) is 66.2 Å². The van der Waals surface area contributed by atoms with Gasteiger partial charge in [0.25, 0.3) is 10.1 Å². The molecule has 1 aromatic rings. The second-order valence-electron chi connectivity index (χ2n) is 13.8. The van der Waals surface area contributed by atoms with Crippen LogP contribution in [0.25, 0.3) is 0 Å². The van der Waals surface area contributed by atoms with Crippen LogP contribution >= 0.6 is 15.9 Å². The molecule has 0 unspecified atom stereocenters. The van der Waals surface area contributed by atoms with Gasteiger partial charge >= 0.3 is 12.1 Å². The first-order valence-electron chi connectivity index (χ1n) is 15.4. The molecule has 1 aliphatic heterocycles. The molecule has 1 aromatic carbocycles. The standard InChI is InChI=1S/C31H42BrN3O9S/c1-6-19-15-31(19,28(38)42-5)34-26(36)24-14-22(44-45(40,41)23-9-7-20(32)8-10-23)16-35(24)27(37)25(30(2,3)4)33-29(39)43-21-12-17-11-18(17)13-21/h7-10,17-19,21-22,24-25H,6,11-16H2,1-5H3,(H,33,39)(H,34,36)/t17-,18+,19-,21-,22+,24+,25-,31-/m1/s1. The number of carbonyl (C=O) groups excluding carboxylic acids is 4. The summed E-state index contributed by atoms with van der Waals surface area (Å²) in [6.07, 6.45) is 1.69. The third-order valence-electron chi connectivity index (χ3n) is 9.56. The molecule has 0 bridgehead atoms. The third kappa shape index (κ3) is 7.17. The average molecular weight is 713 g/mol. The van der Waals surface area contributed by atoms with Gasteiger partial charge in [-0.15, -0.1) is 0 Å². The Labute approximate surface area is 272 Å². The van der Waals surface area contributed by atoms with Crippen molar-refractivity contribution in [1.29, 1.82) is 0 Å². The van der Waals surface area contributed by atoms with Crippen LogP contribution < -0.4 is 10.6 Å². The van der Waals surface area contributed by atoms with Gasteiger partial charge < -0.3 is 25.0 Å². The summed E-state index contributed by atoms with van der Waals surface area (Å²) in [6.45, 7) is 7.00. The highest BCUT2D eigenvalue weighted by Crippen LogP contribution is 2.52. The van der Waals surface area contributed by atoms with Crippen molar-refractivity contribution in [2.45, 2.75) is 101 Å². The maximum absolute atomic E-state index is 14.2. The number of amides is 3. The zero-order valence-corrected chi connectivity index (χ0v) is 28.6. The molecular formula is C31H42BrN3O9S. The van der Waals surface area contributed by atoms with Crippen molar-refractivity contribution < 1.29 is 41.3 Å². The lowest BCUT2D eigenvalue weighted by molar-refractivity contribution is -0.148. The fourth-order valence-corrected chi connectivity index (χ4v) is 8.17. The summed E-state index contributed by atoms with van der Waals surface area (Å²) in [5.74, 6) is -0.725. The highest BCUT2D eigenvalue weighted by Gasteiger charge is 2.62. The van der Waals surface area contributed by atoms with Gasteiger partial charge in [0.15, 0.2) is 0 Å². The molecule has 0 aromatic heterocycles. The van der Waals surface area contributed by atoms with Crippen LogP contribution in [-0.4, -0.2) is 80.7 Å². The summed E-state index contributed by atoms with van der Waals surface area (Å²) in [4.78, 5) is 54.9. The molecule has 0 spiro atoms. The number of likely N-dealkylation sites (tertiary alicyclic amines) is 1. The first-order valence-corrected chi connectivity index (χ1v) is 17.6. The van der Waals surface area contributed by atoms with Gasteiger partial charge in [-0.05, 0) is 73.1 Å². The molecule has 14 heteroatoms. The molecule has 3 aliphatic carbocycles. The van der Waals surface area contributed by atoms with Crippen LogP contribution in [0.15, 0.2) is 33.6 Å². The highest BCUT2D eigenvalue weighted by atomic mass is 79.9. The molecule has 248 valence electrons.